The summed E-state index contributed by atoms with van der Waals surface area (Å²) in [5.74, 6) is -0.651. The van der Waals surface area contributed by atoms with Crippen LogP contribution in [0.4, 0.5) is 0 Å². The molecule has 1 aliphatic heterocycles. The second-order valence-electron chi connectivity index (χ2n) is 6.59. The van der Waals surface area contributed by atoms with Gasteiger partial charge in [-0.3, -0.25) is 19.3 Å². The summed E-state index contributed by atoms with van der Waals surface area (Å²) in [6.07, 6.45) is 3.33. The lowest BCUT2D eigenvalue weighted by molar-refractivity contribution is -0.133. The van der Waals surface area contributed by atoms with Crippen molar-refractivity contribution < 1.29 is 14.4 Å². The molecule has 0 atom stereocenters. The Kier molecular flexibility index (Phi) is 6.76. The van der Waals surface area contributed by atoms with Crippen molar-refractivity contribution in [3.8, 4) is 0 Å². The van der Waals surface area contributed by atoms with Crippen LogP contribution in [-0.2, 0) is 4.79 Å². The largest absolute Gasteiger partial charge is 0.340 e. The molecule has 136 valence electrons. The molecule has 2 rings (SSSR count). The van der Waals surface area contributed by atoms with E-state index in [0.29, 0.717) is 11.1 Å². The quantitative estimate of drug-likeness (QED) is 0.484. The summed E-state index contributed by atoms with van der Waals surface area (Å²) in [6, 6.07) is 5.16. The standard InChI is InChI=1S/C19H25BrN2O3/c1-4-5-6-10-21(13(2)3)17(23)9-11-22-18(24)15-8-7-14(20)12-16(15)19(22)25/h7-8,12-13H,4-6,9-11H2,1-3H3. The molecule has 0 saturated heterocycles. The Hall–Kier alpha value is -1.69. The van der Waals surface area contributed by atoms with Crippen molar-refractivity contribution in [3.63, 3.8) is 0 Å². The van der Waals surface area contributed by atoms with E-state index in [-0.39, 0.29) is 36.7 Å². The number of carbonyl (C=O) groups is 3. The monoisotopic (exact) mass is 408 g/mol. The summed E-state index contributed by atoms with van der Waals surface area (Å²) in [5, 5.41) is 0. The highest BCUT2D eigenvalue weighted by Crippen LogP contribution is 2.26. The fraction of sp³-hybridized carbons (Fsp3) is 0.526. The second kappa shape index (κ2) is 8.61. The highest BCUT2D eigenvalue weighted by Gasteiger charge is 2.35. The van der Waals surface area contributed by atoms with E-state index in [1.165, 1.54) is 4.90 Å². The predicted octanol–water partition coefficient (Wildman–Crippen LogP) is 3.86. The Labute approximate surface area is 157 Å². The van der Waals surface area contributed by atoms with Crippen molar-refractivity contribution in [1.82, 2.24) is 9.80 Å². The normalized spacial score (nSPS) is 13.6. The molecule has 0 spiro atoms. The minimum atomic E-state index is -0.323. The van der Waals surface area contributed by atoms with Crippen LogP contribution in [0, 0.1) is 0 Å². The van der Waals surface area contributed by atoms with Crippen molar-refractivity contribution in [3.05, 3.63) is 33.8 Å². The van der Waals surface area contributed by atoms with Crippen LogP contribution in [-0.4, -0.2) is 46.7 Å². The average Bonchev–Trinajstić information content (AvgIpc) is 2.80. The van der Waals surface area contributed by atoms with Gasteiger partial charge >= 0.3 is 0 Å². The van der Waals surface area contributed by atoms with Gasteiger partial charge in [-0.25, -0.2) is 0 Å². The summed E-state index contributed by atoms with van der Waals surface area (Å²) in [6.45, 7) is 6.95. The predicted molar refractivity (Wildman–Crippen MR) is 101 cm³/mol. The molecule has 3 amide bonds. The van der Waals surface area contributed by atoms with Gasteiger partial charge in [-0.1, -0.05) is 35.7 Å². The molecule has 0 aromatic heterocycles. The van der Waals surface area contributed by atoms with Gasteiger partial charge in [-0.2, -0.15) is 0 Å². The zero-order valence-electron chi connectivity index (χ0n) is 15.0. The molecule has 1 heterocycles. The highest BCUT2D eigenvalue weighted by molar-refractivity contribution is 9.10. The SMILES string of the molecule is CCCCCN(C(=O)CCN1C(=O)c2ccc(Br)cc2C1=O)C(C)C. The number of hydrogen-bond acceptors (Lipinski definition) is 3. The van der Waals surface area contributed by atoms with Gasteiger partial charge in [-0.15, -0.1) is 0 Å². The van der Waals surface area contributed by atoms with E-state index in [0.717, 1.165) is 30.3 Å². The molecule has 1 aromatic carbocycles. The van der Waals surface area contributed by atoms with Gasteiger partial charge in [0.05, 0.1) is 11.1 Å². The van der Waals surface area contributed by atoms with E-state index >= 15 is 0 Å². The number of imide groups is 1. The van der Waals surface area contributed by atoms with E-state index in [4.69, 9.17) is 0 Å². The average molecular weight is 409 g/mol. The van der Waals surface area contributed by atoms with Crippen LogP contribution in [0.1, 0.15) is 67.2 Å². The van der Waals surface area contributed by atoms with Crippen molar-refractivity contribution in [2.75, 3.05) is 13.1 Å². The molecule has 1 aliphatic rings. The lowest BCUT2D eigenvalue weighted by Crippen LogP contribution is -2.40. The summed E-state index contributed by atoms with van der Waals surface area (Å²) in [7, 11) is 0. The maximum Gasteiger partial charge on any atom is 0.261 e. The zero-order valence-corrected chi connectivity index (χ0v) is 16.6. The molecule has 5 nitrogen and oxygen atoms in total. The maximum atomic E-state index is 12.5. The number of unbranched alkanes of at least 4 members (excludes halogenated alkanes) is 2. The summed E-state index contributed by atoms with van der Waals surface area (Å²) < 4.78 is 0.757. The summed E-state index contributed by atoms with van der Waals surface area (Å²) >= 11 is 3.32. The Morgan fingerprint density at radius 2 is 1.84 bits per heavy atom. The number of benzene rings is 1. The minimum Gasteiger partial charge on any atom is -0.340 e. The van der Waals surface area contributed by atoms with Crippen LogP contribution in [0.5, 0.6) is 0 Å². The fourth-order valence-corrected chi connectivity index (χ4v) is 3.38. The highest BCUT2D eigenvalue weighted by atomic mass is 79.9. The van der Waals surface area contributed by atoms with E-state index in [1.807, 2.05) is 18.7 Å². The van der Waals surface area contributed by atoms with E-state index in [9.17, 15) is 14.4 Å². The lowest BCUT2D eigenvalue weighted by atomic mass is 10.1. The Balaban J connectivity index is 1.99. The number of nitrogens with zero attached hydrogens (tertiary/aromatic N) is 2. The number of carbonyl (C=O) groups excluding carboxylic acids is 3. The molecule has 6 heteroatoms. The zero-order chi connectivity index (χ0) is 18.6. The molecular formula is C19H25BrN2O3. The van der Waals surface area contributed by atoms with Gasteiger partial charge in [0, 0.05) is 30.0 Å². The number of rotatable bonds is 8. The van der Waals surface area contributed by atoms with E-state index < -0.39 is 0 Å². The molecule has 0 aliphatic carbocycles. The molecule has 0 N–H and O–H groups in total. The molecule has 0 bridgehead atoms. The third-order valence-corrected chi connectivity index (χ3v) is 4.92. The fourth-order valence-electron chi connectivity index (χ4n) is 3.02. The molecule has 0 radical (unpaired) electrons. The Morgan fingerprint density at radius 1 is 1.16 bits per heavy atom. The molecule has 1 aromatic rings. The third kappa shape index (κ3) is 4.48. The number of fused-ring (bicyclic) bond motifs is 1. The van der Waals surface area contributed by atoms with Crippen LogP contribution in [0.15, 0.2) is 22.7 Å². The minimum absolute atomic E-state index is 0.0103. The lowest BCUT2D eigenvalue weighted by Gasteiger charge is -2.27. The number of amides is 3. The summed E-state index contributed by atoms with van der Waals surface area (Å²) in [5.41, 5.74) is 0.805. The first-order valence-corrected chi connectivity index (χ1v) is 9.61. The van der Waals surface area contributed by atoms with Crippen LogP contribution >= 0.6 is 15.9 Å². The van der Waals surface area contributed by atoms with Crippen molar-refractivity contribution >= 4 is 33.7 Å². The van der Waals surface area contributed by atoms with E-state index in [2.05, 4.69) is 22.9 Å². The van der Waals surface area contributed by atoms with Crippen molar-refractivity contribution in [1.29, 1.82) is 0 Å². The molecule has 25 heavy (non-hydrogen) atoms. The third-order valence-electron chi connectivity index (χ3n) is 4.43. The first-order chi connectivity index (χ1) is 11.9. The first kappa shape index (κ1) is 19.6. The van der Waals surface area contributed by atoms with E-state index in [1.54, 1.807) is 18.2 Å². The Morgan fingerprint density at radius 3 is 2.48 bits per heavy atom. The van der Waals surface area contributed by atoms with Crippen LogP contribution < -0.4 is 0 Å². The van der Waals surface area contributed by atoms with Gasteiger partial charge < -0.3 is 4.90 Å². The van der Waals surface area contributed by atoms with Crippen LogP contribution in [0.25, 0.3) is 0 Å². The molecular weight excluding hydrogens is 384 g/mol. The van der Waals surface area contributed by atoms with Crippen LogP contribution in [0.3, 0.4) is 0 Å². The second-order valence-corrected chi connectivity index (χ2v) is 7.51. The van der Waals surface area contributed by atoms with Gasteiger partial charge in [-0.05, 0) is 38.5 Å². The van der Waals surface area contributed by atoms with Gasteiger partial charge in [0.25, 0.3) is 11.8 Å². The number of halogens is 1. The smallest absolute Gasteiger partial charge is 0.261 e. The molecule has 0 saturated carbocycles. The topological polar surface area (TPSA) is 57.7 Å². The van der Waals surface area contributed by atoms with Gasteiger partial charge in [0.2, 0.25) is 5.91 Å². The van der Waals surface area contributed by atoms with Gasteiger partial charge in [0.1, 0.15) is 0 Å². The van der Waals surface area contributed by atoms with Crippen molar-refractivity contribution in [2.24, 2.45) is 0 Å². The first-order valence-electron chi connectivity index (χ1n) is 8.82. The van der Waals surface area contributed by atoms with Crippen LogP contribution in [0.2, 0.25) is 0 Å². The molecule has 0 fully saturated rings. The summed E-state index contributed by atoms with van der Waals surface area (Å²) in [4.78, 5) is 40.4. The maximum absolute atomic E-state index is 12.5. The van der Waals surface area contributed by atoms with Gasteiger partial charge in [0.15, 0.2) is 0 Å². The Bertz CT molecular complexity index is 673. The molecule has 0 unspecified atom stereocenters. The van der Waals surface area contributed by atoms with Crippen molar-refractivity contribution in [2.45, 2.75) is 52.5 Å². The number of hydrogen-bond donors (Lipinski definition) is 0.